The molecule has 0 radical (unpaired) electrons. The van der Waals surface area contributed by atoms with Crippen LogP contribution in [0.25, 0.3) is 0 Å². The number of amides is 1. The van der Waals surface area contributed by atoms with Crippen LogP contribution in [0.15, 0.2) is 30.3 Å². The van der Waals surface area contributed by atoms with E-state index in [-0.39, 0.29) is 5.91 Å². The third-order valence-corrected chi connectivity index (χ3v) is 5.02. The van der Waals surface area contributed by atoms with Gasteiger partial charge in [-0.3, -0.25) is 4.79 Å². The van der Waals surface area contributed by atoms with Gasteiger partial charge < -0.3 is 10.2 Å². The molecule has 0 spiro atoms. The molecular weight excluding hydrogens is 248 g/mol. The van der Waals surface area contributed by atoms with Crippen LogP contribution in [-0.4, -0.2) is 37.0 Å². The summed E-state index contributed by atoms with van der Waals surface area (Å²) in [6.07, 6.45) is 1.15. The molecule has 0 aliphatic carbocycles. The molecule has 3 heteroatoms. The van der Waals surface area contributed by atoms with Crippen LogP contribution in [-0.2, 0) is 10.2 Å². The van der Waals surface area contributed by atoms with Gasteiger partial charge in [0.2, 0.25) is 5.91 Å². The van der Waals surface area contributed by atoms with E-state index in [9.17, 15) is 4.79 Å². The number of nitrogens with zero attached hydrogens (tertiary/aromatic N) is 1. The second-order valence-electron chi connectivity index (χ2n) is 6.71. The molecule has 108 valence electrons. The van der Waals surface area contributed by atoms with Gasteiger partial charge in [-0.1, -0.05) is 30.3 Å². The number of carbonyl (C=O) groups is 1. The van der Waals surface area contributed by atoms with Crippen LogP contribution in [0, 0.1) is 11.8 Å². The van der Waals surface area contributed by atoms with Gasteiger partial charge in [0.1, 0.15) is 0 Å². The number of piperidine rings is 1. The highest BCUT2D eigenvalue weighted by atomic mass is 16.2. The van der Waals surface area contributed by atoms with Crippen LogP contribution in [0.3, 0.4) is 0 Å². The summed E-state index contributed by atoms with van der Waals surface area (Å²) in [7, 11) is 0. The Morgan fingerprint density at radius 1 is 1.20 bits per heavy atom. The second kappa shape index (κ2) is 5.21. The van der Waals surface area contributed by atoms with Gasteiger partial charge in [0, 0.05) is 13.1 Å². The molecule has 3 rings (SSSR count). The fraction of sp³-hybridized carbons (Fsp3) is 0.588. The zero-order valence-corrected chi connectivity index (χ0v) is 12.4. The zero-order valence-electron chi connectivity index (χ0n) is 12.4. The number of nitrogens with one attached hydrogen (secondary N) is 1. The number of hydrogen-bond donors (Lipinski definition) is 1. The summed E-state index contributed by atoms with van der Waals surface area (Å²) in [6, 6.07) is 10.1. The van der Waals surface area contributed by atoms with E-state index >= 15 is 0 Å². The molecule has 20 heavy (non-hydrogen) atoms. The molecule has 1 amide bonds. The van der Waals surface area contributed by atoms with Crippen LogP contribution in [0.5, 0.6) is 0 Å². The van der Waals surface area contributed by atoms with Crippen molar-refractivity contribution >= 4 is 5.91 Å². The maximum Gasteiger partial charge on any atom is 0.232 e. The van der Waals surface area contributed by atoms with Crippen molar-refractivity contribution in [3.63, 3.8) is 0 Å². The molecule has 3 nitrogen and oxygen atoms in total. The van der Waals surface area contributed by atoms with Crippen LogP contribution in [0.1, 0.15) is 25.8 Å². The van der Waals surface area contributed by atoms with Gasteiger partial charge >= 0.3 is 0 Å². The molecule has 2 saturated heterocycles. The molecule has 2 atom stereocenters. The van der Waals surface area contributed by atoms with E-state index in [1.165, 1.54) is 0 Å². The highest BCUT2D eigenvalue weighted by Crippen LogP contribution is 2.31. The molecular formula is C17H24N2O. The minimum Gasteiger partial charge on any atom is -0.342 e. The summed E-state index contributed by atoms with van der Waals surface area (Å²) >= 11 is 0. The fourth-order valence-electron chi connectivity index (χ4n) is 3.59. The third-order valence-electron chi connectivity index (χ3n) is 5.02. The second-order valence-corrected chi connectivity index (χ2v) is 6.71. The maximum atomic E-state index is 12.9. The number of benzene rings is 1. The van der Waals surface area contributed by atoms with Crippen molar-refractivity contribution in [2.45, 2.75) is 25.7 Å². The molecule has 1 aromatic rings. The number of hydrogen-bond acceptors (Lipinski definition) is 2. The van der Waals surface area contributed by atoms with Gasteiger partial charge in [0.05, 0.1) is 5.41 Å². The summed E-state index contributed by atoms with van der Waals surface area (Å²) < 4.78 is 0. The number of carbonyl (C=O) groups excluding carboxylic acids is 1. The van der Waals surface area contributed by atoms with Gasteiger partial charge in [-0.2, -0.15) is 0 Å². The van der Waals surface area contributed by atoms with E-state index in [4.69, 9.17) is 0 Å². The van der Waals surface area contributed by atoms with E-state index in [1.54, 1.807) is 0 Å². The largest absolute Gasteiger partial charge is 0.342 e. The Hall–Kier alpha value is -1.35. The van der Waals surface area contributed by atoms with Crippen molar-refractivity contribution in [1.29, 1.82) is 0 Å². The first-order valence-electron chi connectivity index (χ1n) is 7.64. The molecule has 1 N–H and O–H groups in total. The highest BCUT2D eigenvalue weighted by molar-refractivity contribution is 5.87. The summed E-state index contributed by atoms with van der Waals surface area (Å²) in [5.74, 6) is 1.70. The molecule has 0 saturated carbocycles. The van der Waals surface area contributed by atoms with Gasteiger partial charge in [0.15, 0.2) is 0 Å². The lowest BCUT2D eigenvalue weighted by molar-refractivity contribution is -0.138. The van der Waals surface area contributed by atoms with Crippen LogP contribution >= 0.6 is 0 Å². The monoisotopic (exact) mass is 272 g/mol. The summed E-state index contributed by atoms with van der Waals surface area (Å²) in [5, 5.41) is 3.46. The topological polar surface area (TPSA) is 32.3 Å². The number of likely N-dealkylation sites (tertiary alicyclic amines) is 1. The van der Waals surface area contributed by atoms with Gasteiger partial charge in [0.25, 0.3) is 0 Å². The van der Waals surface area contributed by atoms with Crippen molar-refractivity contribution in [3.05, 3.63) is 35.9 Å². The van der Waals surface area contributed by atoms with E-state index in [0.717, 1.165) is 44.1 Å². The Morgan fingerprint density at radius 3 is 2.65 bits per heavy atom. The Labute approximate surface area is 121 Å². The molecule has 2 fully saturated rings. The molecule has 2 unspecified atom stereocenters. The molecule has 1 aromatic carbocycles. The van der Waals surface area contributed by atoms with E-state index < -0.39 is 5.41 Å². The predicted molar refractivity (Wildman–Crippen MR) is 80.5 cm³/mol. The molecule has 2 aliphatic rings. The first kappa shape index (κ1) is 13.6. The van der Waals surface area contributed by atoms with Crippen molar-refractivity contribution < 1.29 is 4.79 Å². The minimum atomic E-state index is -0.430. The van der Waals surface area contributed by atoms with Gasteiger partial charge in [-0.15, -0.1) is 0 Å². The predicted octanol–water partition coefficient (Wildman–Crippen LogP) is 2.03. The average Bonchev–Trinajstić information content (AvgIpc) is 2.94. The van der Waals surface area contributed by atoms with Crippen molar-refractivity contribution in [2.75, 3.05) is 26.2 Å². The van der Waals surface area contributed by atoms with Crippen molar-refractivity contribution in [2.24, 2.45) is 11.8 Å². The lowest BCUT2D eigenvalue weighted by Crippen LogP contribution is -2.49. The Morgan fingerprint density at radius 2 is 1.90 bits per heavy atom. The Balaban J connectivity index is 1.75. The lowest BCUT2D eigenvalue weighted by atomic mass is 9.81. The Bertz CT molecular complexity index is 483. The minimum absolute atomic E-state index is 0.272. The summed E-state index contributed by atoms with van der Waals surface area (Å²) in [4.78, 5) is 15.0. The van der Waals surface area contributed by atoms with E-state index in [1.807, 2.05) is 32.0 Å². The highest BCUT2D eigenvalue weighted by Gasteiger charge is 2.39. The van der Waals surface area contributed by atoms with E-state index in [2.05, 4.69) is 22.3 Å². The normalized spacial score (nSPS) is 26.4. The Kier molecular flexibility index (Phi) is 3.55. The van der Waals surface area contributed by atoms with Crippen LogP contribution in [0.2, 0.25) is 0 Å². The number of fused-ring (bicyclic) bond motifs is 1. The quantitative estimate of drug-likeness (QED) is 0.893. The average molecular weight is 272 g/mol. The summed E-state index contributed by atoms with van der Waals surface area (Å²) in [5.41, 5.74) is 0.678. The SMILES string of the molecule is CC(C)(C(=O)N1CCC2CNCC2C1)c1ccccc1. The van der Waals surface area contributed by atoms with Crippen molar-refractivity contribution in [3.8, 4) is 0 Å². The van der Waals surface area contributed by atoms with Gasteiger partial charge in [-0.25, -0.2) is 0 Å². The molecule has 2 aliphatic heterocycles. The summed E-state index contributed by atoms with van der Waals surface area (Å²) in [6.45, 7) is 8.13. The standard InChI is InChI=1S/C17H24N2O/c1-17(2,15-6-4-3-5-7-15)16(20)19-9-8-13-10-18-11-14(13)12-19/h3-7,13-14,18H,8-12H2,1-2H3. The maximum absolute atomic E-state index is 12.9. The van der Waals surface area contributed by atoms with Crippen LogP contribution < -0.4 is 5.32 Å². The van der Waals surface area contributed by atoms with E-state index in [0.29, 0.717) is 5.92 Å². The lowest BCUT2D eigenvalue weighted by Gasteiger charge is -2.39. The smallest absolute Gasteiger partial charge is 0.232 e. The first-order valence-corrected chi connectivity index (χ1v) is 7.64. The molecule has 2 heterocycles. The molecule has 0 bridgehead atoms. The first-order chi connectivity index (χ1) is 9.59. The third kappa shape index (κ3) is 2.35. The van der Waals surface area contributed by atoms with Gasteiger partial charge in [-0.05, 0) is 50.8 Å². The van der Waals surface area contributed by atoms with Crippen LogP contribution in [0.4, 0.5) is 0 Å². The molecule has 0 aromatic heterocycles. The number of rotatable bonds is 2. The fourth-order valence-corrected chi connectivity index (χ4v) is 3.59. The zero-order chi connectivity index (χ0) is 14.2. The van der Waals surface area contributed by atoms with Crippen molar-refractivity contribution in [1.82, 2.24) is 10.2 Å².